The van der Waals surface area contributed by atoms with Gasteiger partial charge in [-0.2, -0.15) is 0 Å². The number of nitrogens with zero attached hydrogens (tertiary/aromatic N) is 2. The molecule has 5 heteroatoms. The predicted octanol–water partition coefficient (Wildman–Crippen LogP) is 5.46. The van der Waals surface area contributed by atoms with Gasteiger partial charge in [-0.3, -0.25) is 0 Å². The van der Waals surface area contributed by atoms with Crippen LogP contribution in [-0.2, 0) is 15.6 Å². The lowest BCUT2D eigenvalue weighted by molar-refractivity contribution is 0.594. The first-order valence-electron chi connectivity index (χ1n) is 10.1. The zero-order valence-corrected chi connectivity index (χ0v) is 17.6. The molecule has 1 aliphatic carbocycles. The molecule has 1 aromatic heterocycles. The minimum atomic E-state index is -3.49. The molecule has 0 amide bonds. The molecular weight excluding hydrogens is 392 g/mol. The maximum absolute atomic E-state index is 12.9. The highest BCUT2D eigenvalue weighted by molar-refractivity contribution is 7.90. The van der Waals surface area contributed by atoms with Crippen molar-refractivity contribution in [2.24, 2.45) is 0 Å². The second-order valence-electron chi connectivity index (χ2n) is 8.00. The summed E-state index contributed by atoms with van der Waals surface area (Å²) in [5.41, 5.74) is 5.50. The molecule has 4 nitrogen and oxygen atoms in total. The Morgan fingerprint density at radius 3 is 2.57 bits per heavy atom. The van der Waals surface area contributed by atoms with Crippen LogP contribution < -0.4 is 0 Å². The molecular formula is C25H22N2O2S. The Hall–Kier alpha value is -3.05. The largest absolute Gasteiger partial charge is 0.245 e. The normalized spacial score (nSPS) is 14.2. The number of fused-ring (bicyclic) bond motifs is 1. The zero-order valence-electron chi connectivity index (χ0n) is 16.7. The van der Waals surface area contributed by atoms with E-state index in [0.717, 1.165) is 22.3 Å². The van der Waals surface area contributed by atoms with Crippen molar-refractivity contribution in [3.63, 3.8) is 0 Å². The van der Waals surface area contributed by atoms with Gasteiger partial charge in [0.15, 0.2) is 9.84 Å². The van der Waals surface area contributed by atoms with Crippen molar-refractivity contribution >= 4 is 20.6 Å². The van der Waals surface area contributed by atoms with Gasteiger partial charge >= 0.3 is 0 Å². The molecule has 1 fully saturated rings. The molecule has 30 heavy (non-hydrogen) atoms. The van der Waals surface area contributed by atoms with Crippen LogP contribution in [0.2, 0.25) is 0 Å². The molecule has 0 unspecified atom stereocenters. The summed E-state index contributed by atoms with van der Waals surface area (Å²) in [5, 5.41) is 1.97. The summed E-state index contributed by atoms with van der Waals surface area (Å²) >= 11 is 0. The third-order valence-electron chi connectivity index (χ3n) is 5.78. The van der Waals surface area contributed by atoms with E-state index in [-0.39, 0.29) is 5.75 Å². The van der Waals surface area contributed by atoms with Gasteiger partial charge < -0.3 is 0 Å². The topological polar surface area (TPSA) is 59.9 Å². The molecule has 1 heterocycles. The third-order valence-corrected chi connectivity index (χ3v) is 7.43. The molecule has 0 aliphatic heterocycles. The van der Waals surface area contributed by atoms with Crippen molar-refractivity contribution < 1.29 is 8.42 Å². The number of aromatic nitrogens is 2. The van der Waals surface area contributed by atoms with Gasteiger partial charge in [0, 0.05) is 6.20 Å². The summed E-state index contributed by atoms with van der Waals surface area (Å²) in [6, 6.07) is 19.8. The minimum Gasteiger partial charge on any atom is -0.245 e. The second-order valence-corrected chi connectivity index (χ2v) is 9.99. The van der Waals surface area contributed by atoms with Gasteiger partial charge in [-0.05, 0) is 76.9 Å². The Kier molecular flexibility index (Phi) is 4.63. The van der Waals surface area contributed by atoms with Gasteiger partial charge in [-0.25, -0.2) is 18.4 Å². The SMILES string of the molecule is Cc1cc(C2CC2)ccc1-c1cccc2cc(S(=O)(=O)Cc3ccncn3)ccc12. The summed E-state index contributed by atoms with van der Waals surface area (Å²) in [6.45, 7) is 2.15. The molecule has 1 aliphatic rings. The van der Waals surface area contributed by atoms with Gasteiger partial charge in [0.25, 0.3) is 0 Å². The van der Waals surface area contributed by atoms with E-state index in [1.807, 2.05) is 18.2 Å². The fourth-order valence-electron chi connectivity index (χ4n) is 4.03. The van der Waals surface area contributed by atoms with Crippen LogP contribution in [0.4, 0.5) is 0 Å². The van der Waals surface area contributed by atoms with Gasteiger partial charge in [0.05, 0.1) is 16.3 Å². The van der Waals surface area contributed by atoms with Gasteiger partial charge in [0.2, 0.25) is 0 Å². The molecule has 4 aromatic rings. The summed E-state index contributed by atoms with van der Waals surface area (Å²) in [4.78, 5) is 8.21. The molecule has 0 radical (unpaired) electrons. The first-order chi connectivity index (χ1) is 14.5. The minimum absolute atomic E-state index is 0.136. The van der Waals surface area contributed by atoms with Crippen LogP contribution in [0.1, 0.15) is 35.6 Å². The molecule has 5 rings (SSSR count). The van der Waals surface area contributed by atoms with Crippen LogP contribution >= 0.6 is 0 Å². The highest BCUT2D eigenvalue weighted by Gasteiger charge is 2.24. The number of hydrogen-bond donors (Lipinski definition) is 0. The van der Waals surface area contributed by atoms with Gasteiger partial charge in [-0.1, -0.05) is 42.5 Å². The molecule has 1 saturated carbocycles. The summed E-state index contributed by atoms with van der Waals surface area (Å²) in [6.07, 6.45) is 5.51. The lowest BCUT2D eigenvalue weighted by atomic mass is 9.93. The first-order valence-corrected chi connectivity index (χ1v) is 11.8. The monoisotopic (exact) mass is 414 g/mol. The first kappa shape index (κ1) is 18.9. The van der Waals surface area contributed by atoms with Crippen molar-refractivity contribution in [3.05, 3.63) is 90.0 Å². The average molecular weight is 415 g/mol. The second kappa shape index (κ2) is 7.33. The predicted molar refractivity (Wildman–Crippen MR) is 119 cm³/mol. The van der Waals surface area contributed by atoms with Crippen LogP contribution in [0.5, 0.6) is 0 Å². The van der Waals surface area contributed by atoms with Crippen LogP contribution in [0.3, 0.4) is 0 Å². The third kappa shape index (κ3) is 3.61. The summed E-state index contributed by atoms with van der Waals surface area (Å²) in [7, 11) is -3.49. The number of rotatable bonds is 5. The van der Waals surface area contributed by atoms with Crippen LogP contribution in [0.15, 0.2) is 78.1 Å². The molecule has 0 spiro atoms. The molecule has 3 aromatic carbocycles. The van der Waals surface area contributed by atoms with Gasteiger partial charge in [0.1, 0.15) is 6.33 Å². The number of benzene rings is 3. The Morgan fingerprint density at radius 1 is 0.967 bits per heavy atom. The number of hydrogen-bond acceptors (Lipinski definition) is 4. The fourth-order valence-corrected chi connectivity index (χ4v) is 5.34. The maximum Gasteiger partial charge on any atom is 0.184 e. The smallest absolute Gasteiger partial charge is 0.184 e. The van der Waals surface area contributed by atoms with Crippen molar-refractivity contribution in [3.8, 4) is 11.1 Å². The molecule has 0 atom stereocenters. The van der Waals surface area contributed by atoms with E-state index >= 15 is 0 Å². The highest BCUT2D eigenvalue weighted by Crippen LogP contribution is 2.42. The van der Waals surface area contributed by atoms with E-state index in [1.165, 1.54) is 35.9 Å². The fraction of sp³-hybridized carbons (Fsp3) is 0.200. The van der Waals surface area contributed by atoms with E-state index in [1.54, 1.807) is 24.4 Å². The molecule has 0 saturated heterocycles. The van der Waals surface area contributed by atoms with E-state index < -0.39 is 9.84 Å². The Bertz CT molecular complexity index is 1340. The van der Waals surface area contributed by atoms with Crippen molar-refractivity contribution in [2.45, 2.75) is 36.3 Å². The lowest BCUT2D eigenvalue weighted by Gasteiger charge is -2.13. The van der Waals surface area contributed by atoms with E-state index in [4.69, 9.17) is 0 Å². The van der Waals surface area contributed by atoms with Crippen LogP contribution in [0.25, 0.3) is 21.9 Å². The zero-order chi connectivity index (χ0) is 20.7. The van der Waals surface area contributed by atoms with Gasteiger partial charge in [-0.15, -0.1) is 0 Å². The molecule has 0 N–H and O–H groups in total. The highest BCUT2D eigenvalue weighted by atomic mass is 32.2. The van der Waals surface area contributed by atoms with Crippen LogP contribution in [0, 0.1) is 6.92 Å². The van der Waals surface area contributed by atoms with Crippen molar-refractivity contribution in [2.75, 3.05) is 0 Å². The van der Waals surface area contributed by atoms with E-state index in [0.29, 0.717) is 10.6 Å². The molecule has 150 valence electrons. The average Bonchev–Trinajstić information content (AvgIpc) is 3.59. The Morgan fingerprint density at radius 2 is 1.83 bits per heavy atom. The summed E-state index contributed by atoms with van der Waals surface area (Å²) < 4.78 is 25.8. The van der Waals surface area contributed by atoms with Crippen molar-refractivity contribution in [1.29, 1.82) is 0 Å². The maximum atomic E-state index is 12.9. The van der Waals surface area contributed by atoms with E-state index in [9.17, 15) is 8.42 Å². The van der Waals surface area contributed by atoms with E-state index in [2.05, 4.69) is 41.2 Å². The summed E-state index contributed by atoms with van der Waals surface area (Å²) in [5.74, 6) is 0.593. The quantitative estimate of drug-likeness (QED) is 0.435. The standard InChI is InChI=1S/C25H22N2O2S/c1-17-13-19(18-5-6-18)7-9-23(17)25-4-2-3-20-14-22(8-10-24(20)25)30(28,29)15-21-11-12-26-16-27-21/h2-4,7-14,16,18H,5-6,15H2,1H3. The van der Waals surface area contributed by atoms with Crippen molar-refractivity contribution in [1.82, 2.24) is 9.97 Å². The Labute approximate surface area is 176 Å². The lowest BCUT2D eigenvalue weighted by Crippen LogP contribution is -2.06. The Balaban J connectivity index is 1.54. The molecule has 0 bridgehead atoms. The van der Waals surface area contributed by atoms with Crippen LogP contribution in [-0.4, -0.2) is 18.4 Å². The number of sulfone groups is 1. The number of aryl methyl sites for hydroxylation is 1.